The Bertz CT molecular complexity index is 1030. The van der Waals surface area contributed by atoms with Gasteiger partial charge in [0.2, 0.25) is 0 Å². The predicted octanol–water partition coefficient (Wildman–Crippen LogP) is 3.42. The highest BCUT2D eigenvalue weighted by atomic mass is 16.5. The lowest BCUT2D eigenvalue weighted by Crippen LogP contribution is -2.49. The Hall–Kier alpha value is -3.10. The molecule has 0 saturated carbocycles. The van der Waals surface area contributed by atoms with Crippen molar-refractivity contribution in [1.29, 1.82) is 0 Å². The molecule has 0 unspecified atom stereocenters. The molecule has 8 heteroatoms. The molecular formula is C27H36N4O4. The Balaban J connectivity index is 1.59. The van der Waals surface area contributed by atoms with Gasteiger partial charge in [0, 0.05) is 44.2 Å². The van der Waals surface area contributed by atoms with Crippen LogP contribution in [0.15, 0.2) is 47.6 Å². The van der Waals surface area contributed by atoms with Crippen LogP contribution < -0.4 is 14.2 Å². The molecule has 35 heavy (non-hydrogen) atoms. The minimum atomic E-state index is -0.183. The minimum absolute atomic E-state index is 0.0105. The number of ether oxygens (including phenoxy) is 3. The summed E-state index contributed by atoms with van der Waals surface area (Å²) >= 11 is 0. The fraction of sp³-hybridized carbons (Fsp3) is 0.481. The summed E-state index contributed by atoms with van der Waals surface area (Å²) in [5, 5.41) is 6.51. The Morgan fingerprint density at radius 2 is 1.63 bits per heavy atom. The highest BCUT2D eigenvalue weighted by Crippen LogP contribution is 2.36. The second kappa shape index (κ2) is 11.6. The molecule has 2 heterocycles. The summed E-state index contributed by atoms with van der Waals surface area (Å²) in [6.45, 7) is 9.93. The van der Waals surface area contributed by atoms with E-state index in [0.29, 0.717) is 31.1 Å². The maximum absolute atomic E-state index is 13.5. The molecule has 2 aliphatic heterocycles. The fourth-order valence-electron chi connectivity index (χ4n) is 4.68. The summed E-state index contributed by atoms with van der Waals surface area (Å²) in [6.07, 6.45) is 0.603. The van der Waals surface area contributed by atoms with Gasteiger partial charge in [-0.15, -0.1) is 0 Å². The Morgan fingerprint density at radius 1 is 0.943 bits per heavy atom. The Morgan fingerprint density at radius 3 is 2.26 bits per heavy atom. The first-order chi connectivity index (χ1) is 17.1. The molecule has 0 N–H and O–H groups in total. The third-order valence-corrected chi connectivity index (χ3v) is 6.73. The molecule has 2 aromatic carbocycles. The third-order valence-electron chi connectivity index (χ3n) is 6.73. The first-order valence-corrected chi connectivity index (χ1v) is 12.4. The van der Waals surface area contributed by atoms with Gasteiger partial charge in [-0.25, -0.2) is 5.01 Å². The van der Waals surface area contributed by atoms with Gasteiger partial charge in [-0.1, -0.05) is 19.1 Å². The number of likely N-dealkylation sites (N-methyl/N-ethyl adjacent to an activating group) is 1. The number of hydrogen-bond donors (Lipinski definition) is 0. The van der Waals surface area contributed by atoms with E-state index in [0.717, 1.165) is 55.3 Å². The van der Waals surface area contributed by atoms with Crippen molar-refractivity contribution in [1.82, 2.24) is 14.8 Å². The van der Waals surface area contributed by atoms with Crippen LogP contribution in [-0.2, 0) is 4.79 Å². The van der Waals surface area contributed by atoms with E-state index in [1.165, 1.54) is 0 Å². The molecule has 0 radical (unpaired) electrons. The third kappa shape index (κ3) is 5.77. The van der Waals surface area contributed by atoms with Crippen molar-refractivity contribution in [2.45, 2.75) is 26.3 Å². The van der Waals surface area contributed by atoms with Crippen molar-refractivity contribution in [3.63, 3.8) is 0 Å². The van der Waals surface area contributed by atoms with Crippen LogP contribution in [0.25, 0.3) is 0 Å². The number of hydrogen-bond acceptors (Lipinski definition) is 7. The summed E-state index contributed by atoms with van der Waals surface area (Å²) in [5.41, 5.74) is 2.73. The summed E-state index contributed by atoms with van der Waals surface area (Å²) in [5.74, 6) is 2.22. The molecule has 0 aliphatic carbocycles. The number of benzene rings is 2. The van der Waals surface area contributed by atoms with Crippen LogP contribution in [0.3, 0.4) is 0 Å². The highest BCUT2D eigenvalue weighted by Gasteiger charge is 2.35. The van der Waals surface area contributed by atoms with Gasteiger partial charge in [-0.05, 0) is 43.3 Å². The maximum atomic E-state index is 13.5. The molecule has 188 valence electrons. The number of rotatable bonds is 9. The average molecular weight is 481 g/mol. The van der Waals surface area contributed by atoms with Crippen LogP contribution in [0.1, 0.15) is 37.4 Å². The molecule has 1 saturated heterocycles. The first-order valence-electron chi connectivity index (χ1n) is 12.4. The molecular weight excluding hydrogens is 444 g/mol. The number of piperazine rings is 1. The van der Waals surface area contributed by atoms with E-state index in [-0.39, 0.29) is 11.9 Å². The smallest absolute Gasteiger partial charge is 0.257 e. The van der Waals surface area contributed by atoms with Gasteiger partial charge in [0.15, 0.2) is 0 Å². The van der Waals surface area contributed by atoms with E-state index in [1.54, 1.807) is 19.2 Å². The normalized spacial score (nSPS) is 18.9. The van der Waals surface area contributed by atoms with E-state index in [9.17, 15) is 4.79 Å². The topological polar surface area (TPSA) is 66.8 Å². The Kier molecular flexibility index (Phi) is 8.25. The minimum Gasteiger partial charge on any atom is -0.497 e. The van der Waals surface area contributed by atoms with Gasteiger partial charge in [0.05, 0.1) is 39.1 Å². The number of carbonyl (C=O) groups is 1. The van der Waals surface area contributed by atoms with Crippen LogP contribution >= 0.6 is 0 Å². The second-order valence-corrected chi connectivity index (χ2v) is 8.78. The van der Waals surface area contributed by atoms with Crippen molar-refractivity contribution in [3.05, 3.63) is 53.6 Å². The molecule has 4 rings (SSSR count). The highest BCUT2D eigenvalue weighted by molar-refractivity contribution is 6.05. The van der Waals surface area contributed by atoms with E-state index in [2.05, 4.69) is 16.7 Å². The van der Waals surface area contributed by atoms with Gasteiger partial charge >= 0.3 is 0 Å². The Labute approximate surface area is 208 Å². The summed E-state index contributed by atoms with van der Waals surface area (Å²) in [4.78, 5) is 18.2. The van der Waals surface area contributed by atoms with E-state index >= 15 is 0 Å². The SMILES string of the molecule is CCOc1ccc([C@H]2CC(c3ccc(OC)cc3OC)=NN2C(=O)CN2CCN(CC)CC2)cc1. The van der Waals surface area contributed by atoms with Crippen molar-refractivity contribution < 1.29 is 19.0 Å². The standard InChI is InChI=1S/C27H36N4O4/c1-5-29-13-15-30(16-14-29)19-27(32)31-25(20-7-9-21(10-8-20)35-6-2)18-24(28-31)23-12-11-22(33-3)17-26(23)34-4/h7-12,17,25H,5-6,13-16,18-19H2,1-4H3/t25-/m1/s1. The fourth-order valence-corrected chi connectivity index (χ4v) is 4.68. The predicted molar refractivity (Wildman–Crippen MR) is 136 cm³/mol. The van der Waals surface area contributed by atoms with Gasteiger partial charge in [0.1, 0.15) is 17.2 Å². The zero-order valence-electron chi connectivity index (χ0n) is 21.2. The molecule has 0 bridgehead atoms. The number of methoxy groups -OCH3 is 2. The van der Waals surface area contributed by atoms with Crippen LogP contribution in [0.5, 0.6) is 17.2 Å². The number of hydrazone groups is 1. The largest absolute Gasteiger partial charge is 0.497 e. The number of nitrogens with zero attached hydrogens (tertiary/aromatic N) is 4. The zero-order chi connectivity index (χ0) is 24.8. The molecule has 2 aromatic rings. The quantitative estimate of drug-likeness (QED) is 0.548. The van der Waals surface area contributed by atoms with E-state index < -0.39 is 0 Å². The van der Waals surface area contributed by atoms with Crippen molar-refractivity contribution in [2.24, 2.45) is 5.10 Å². The molecule has 1 atom stereocenters. The summed E-state index contributed by atoms with van der Waals surface area (Å²) in [6, 6.07) is 13.5. The van der Waals surface area contributed by atoms with Crippen molar-refractivity contribution >= 4 is 11.6 Å². The second-order valence-electron chi connectivity index (χ2n) is 8.78. The van der Waals surface area contributed by atoms with Gasteiger partial charge < -0.3 is 19.1 Å². The monoisotopic (exact) mass is 480 g/mol. The lowest BCUT2D eigenvalue weighted by molar-refractivity contribution is -0.134. The molecule has 0 spiro atoms. The van der Waals surface area contributed by atoms with Gasteiger partial charge in [-0.2, -0.15) is 5.10 Å². The maximum Gasteiger partial charge on any atom is 0.257 e. The molecule has 1 amide bonds. The van der Waals surface area contributed by atoms with Crippen molar-refractivity contribution in [2.75, 3.05) is 60.1 Å². The van der Waals surface area contributed by atoms with Crippen LogP contribution in [0, 0.1) is 0 Å². The van der Waals surface area contributed by atoms with Gasteiger partial charge in [-0.3, -0.25) is 9.69 Å². The lowest BCUT2D eigenvalue weighted by atomic mass is 9.97. The molecule has 2 aliphatic rings. The molecule has 0 aromatic heterocycles. The van der Waals surface area contributed by atoms with E-state index in [4.69, 9.17) is 19.3 Å². The molecule has 8 nitrogen and oxygen atoms in total. The summed E-state index contributed by atoms with van der Waals surface area (Å²) < 4.78 is 16.6. The summed E-state index contributed by atoms with van der Waals surface area (Å²) in [7, 11) is 3.26. The van der Waals surface area contributed by atoms with Crippen LogP contribution in [0.2, 0.25) is 0 Å². The first kappa shape index (κ1) is 25.0. The number of carbonyl (C=O) groups excluding carboxylic acids is 1. The van der Waals surface area contributed by atoms with Gasteiger partial charge in [0.25, 0.3) is 5.91 Å². The van der Waals surface area contributed by atoms with Crippen LogP contribution in [0.4, 0.5) is 0 Å². The van der Waals surface area contributed by atoms with Crippen LogP contribution in [-0.4, -0.2) is 86.5 Å². The van der Waals surface area contributed by atoms with Crippen molar-refractivity contribution in [3.8, 4) is 17.2 Å². The zero-order valence-corrected chi connectivity index (χ0v) is 21.2. The molecule has 1 fully saturated rings. The average Bonchev–Trinajstić information content (AvgIpc) is 3.35. The number of amides is 1. The van der Waals surface area contributed by atoms with E-state index in [1.807, 2.05) is 49.4 Å². The lowest BCUT2D eigenvalue weighted by Gasteiger charge is -2.34.